The minimum Gasteiger partial charge on any atom is -0.389 e. The fourth-order valence-corrected chi connectivity index (χ4v) is 3.58. The van der Waals surface area contributed by atoms with Crippen LogP contribution in [0.2, 0.25) is 0 Å². The number of benzene rings is 1. The second-order valence-electron chi connectivity index (χ2n) is 6.31. The fraction of sp³-hybridized carbons (Fsp3) is 0.588. The zero-order valence-corrected chi connectivity index (χ0v) is 13.4. The van der Waals surface area contributed by atoms with E-state index in [4.69, 9.17) is 4.74 Å². The summed E-state index contributed by atoms with van der Waals surface area (Å²) in [4.78, 5) is 14.4. The lowest BCUT2D eigenvalue weighted by molar-refractivity contribution is -0.0460. The Labute approximate surface area is 139 Å². The van der Waals surface area contributed by atoms with Gasteiger partial charge in [0.2, 0.25) is 0 Å². The fourth-order valence-electron chi connectivity index (χ4n) is 3.58. The lowest BCUT2D eigenvalue weighted by atomic mass is 9.86. The number of ether oxygens (including phenoxy) is 1. The van der Waals surface area contributed by atoms with Gasteiger partial charge in [0, 0.05) is 19.1 Å². The molecule has 0 unspecified atom stereocenters. The number of aliphatic hydroxyl groups excluding tert-OH is 1. The van der Waals surface area contributed by atoms with Gasteiger partial charge in [0.15, 0.2) is 0 Å². The molecule has 1 aromatic carbocycles. The highest BCUT2D eigenvalue weighted by Gasteiger charge is 2.37. The van der Waals surface area contributed by atoms with Crippen LogP contribution >= 0.6 is 0 Å². The molecule has 0 radical (unpaired) electrons. The molecule has 2 fully saturated rings. The summed E-state index contributed by atoms with van der Waals surface area (Å²) in [5, 5.41) is 13.2. The van der Waals surface area contributed by atoms with Crippen LogP contribution in [0.15, 0.2) is 18.2 Å². The summed E-state index contributed by atoms with van der Waals surface area (Å²) >= 11 is 0. The molecule has 1 saturated carbocycles. The predicted octanol–water partition coefficient (Wildman–Crippen LogP) is 1.31. The first-order valence-corrected chi connectivity index (χ1v) is 8.32. The summed E-state index contributed by atoms with van der Waals surface area (Å²) in [6, 6.07) is 2.72. The van der Waals surface area contributed by atoms with Crippen LogP contribution in [0.1, 0.15) is 29.6 Å². The summed E-state index contributed by atoms with van der Waals surface area (Å²) in [5.74, 6) is -2.62. The van der Waals surface area contributed by atoms with Crippen LogP contribution in [0.5, 0.6) is 0 Å². The normalized spacial score (nSPS) is 28.5. The van der Waals surface area contributed by atoms with Crippen molar-refractivity contribution in [3.8, 4) is 0 Å². The number of rotatable bonds is 3. The Morgan fingerprint density at radius 3 is 2.54 bits per heavy atom. The molecule has 1 saturated heterocycles. The number of halogens is 2. The number of amides is 1. The lowest BCUT2D eigenvalue weighted by Crippen LogP contribution is -2.58. The number of nitrogens with one attached hydrogen (secondary N) is 1. The van der Waals surface area contributed by atoms with Gasteiger partial charge in [-0.05, 0) is 31.4 Å². The molecular formula is C17H22F2N2O3. The number of aliphatic hydroxyl groups is 1. The van der Waals surface area contributed by atoms with Crippen LogP contribution in [0.4, 0.5) is 8.78 Å². The number of hydrogen-bond donors (Lipinski definition) is 2. The number of carbonyl (C=O) groups excluding carboxylic acids is 1. The van der Waals surface area contributed by atoms with Crippen LogP contribution in [-0.2, 0) is 4.74 Å². The van der Waals surface area contributed by atoms with Gasteiger partial charge in [-0.25, -0.2) is 8.78 Å². The van der Waals surface area contributed by atoms with E-state index < -0.39 is 35.3 Å². The van der Waals surface area contributed by atoms with Crippen molar-refractivity contribution in [1.82, 2.24) is 10.2 Å². The van der Waals surface area contributed by atoms with Gasteiger partial charge in [0.1, 0.15) is 17.2 Å². The van der Waals surface area contributed by atoms with E-state index in [1.807, 2.05) is 0 Å². The molecule has 132 valence electrons. The van der Waals surface area contributed by atoms with Gasteiger partial charge in [-0.1, -0.05) is 6.07 Å². The van der Waals surface area contributed by atoms with Crippen molar-refractivity contribution in [2.75, 3.05) is 26.3 Å². The predicted molar refractivity (Wildman–Crippen MR) is 83.7 cm³/mol. The first-order chi connectivity index (χ1) is 11.6. The minimum absolute atomic E-state index is 0.0709. The first kappa shape index (κ1) is 17.3. The SMILES string of the molecule is O=C(N[C@@H]1CCC[C@@H](N2CCOCC2)[C@@H]1O)c1c(F)cccc1F. The number of morpholine rings is 1. The Hall–Kier alpha value is -1.57. The van der Waals surface area contributed by atoms with Crippen LogP contribution < -0.4 is 5.32 Å². The van der Waals surface area contributed by atoms with E-state index in [1.165, 1.54) is 6.07 Å². The van der Waals surface area contributed by atoms with Crippen molar-refractivity contribution in [1.29, 1.82) is 0 Å². The van der Waals surface area contributed by atoms with E-state index in [9.17, 15) is 18.7 Å². The molecule has 2 N–H and O–H groups in total. The van der Waals surface area contributed by atoms with Crippen molar-refractivity contribution in [3.63, 3.8) is 0 Å². The molecule has 0 bridgehead atoms. The molecule has 0 aromatic heterocycles. The van der Waals surface area contributed by atoms with Gasteiger partial charge < -0.3 is 15.2 Å². The van der Waals surface area contributed by atoms with E-state index in [1.54, 1.807) is 0 Å². The molecular weight excluding hydrogens is 318 g/mol. The third-order valence-corrected chi connectivity index (χ3v) is 4.84. The Balaban J connectivity index is 1.69. The Morgan fingerprint density at radius 2 is 1.88 bits per heavy atom. The summed E-state index contributed by atoms with van der Waals surface area (Å²) in [6.07, 6.45) is 1.49. The molecule has 24 heavy (non-hydrogen) atoms. The Morgan fingerprint density at radius 1 is 1.21 bits per heavy atom. The van der Waals surface area contributed by atoms with Crippen LogP contribution in [-0.4, -0.2) is 60.4 Å². The van der Waals surface area contributed by atoms with Crippen LogP contribution in [0.3, 0.4) is 0 Å². The Bertz CT molecular complexity index is 573. The zero-order chi connectivity index (χ0) is 17.1. The lowest BCUT2D eigenvalue weighted by Gasteiger charge is -2.43. The number of hydrogen-bond acceptors (Lipinski definition) is 4. The summed E-state index contributed by atoms with van der Waals surface area (Å²) in [6.45, 7) is 2.73. The second kappa shape index (κ2) is 7.55. The molecule has 1 heterocycles. The molecule has 0 spiro atoms. The molecule has 3 rings (SSSR count). The summed E-state index contributed by atoms with van der Waals surface area (Å²) in [5.41, 5.74) is -0.599. The largest absolute Gasteiger partial charge is 0.389 e. The van der Waals surface area contributed by atoms with E-state index in [0.717, 1.165) is 38.1 Å². The highest BCUT2D eigenvalue weighted by atomic mass is 19.1. The maximum absolute atomic E-state index is 13.7. The third-order valence-electron chi connectivity index (χ3n) is 4.84. The molecule has 2 aliphatic rings. The summed E-state index contributed by atoms with van der Waals surface area (Å²) < 4.78 is 32.8. The number of carbonyl (C=O) groups is 1. The first-order valence-electron chi connectivity index (χ1n) is 8.32. The van der Waals surface area contributed by atoms with Gasteiger partial charge in [-0.3, -0.25) is 9.69 Å². The van der Waals surface area contributed by atoms with Crippen molar-refractivity contribution < 1.29 is 23.4 Å². The molecule has 1 aliphatic carbocycles. The van der Waals surface area contributed by atoms with Crippen LogP contribution in [0, 0.1) is 11.6 Å². The van der Waals surface area contributed by atoms with Crippen molar-refractivity contribution in [2.45, 2.75) is 37.5 Å². The van der Waals surface area contributed by atoms with Crippen molar-refractivity contribution in [2.24, 2.45) is 0 Å². The quantitative estimate of drug-likeness (QED) is 0.871. The zero-order valence-electron chi connectivity index (χ0n) is 13.4. The second-order valence-corrected chi connectivity index (χ2v) is 6.31. The standard InChI is InChI=1S/C17H22F2N2O3/c18-11-3-1-4-12(19)15(11)17(23)20-13-5-2-6-14(16(13)22)21-7-9-24-10-8-21/h1,3-4,13-14,16,22H,2,5-10H2,(H,20,23)/t13-,14-,16-/m1/s1. The van der Waals surface area contributed by atoms with Gasteiger partial charge in [0.05, 0.1) is 25.4 Å². The van der Waals surface area contributed by atoms with Gasteiger partial charge >= 0.3 is 0 Å². The van der Waals surface area contributed by atoms with E-state index in [0.29, 0.717) is 19.6 Å². The summed E-state index contributed by atoms with van der Waals surface area (Å²) in [7, 11) is 0. The highest BCUT2D eigenvalue weighted by molar-refractivity contribution is 5.95. The number of nitrogens with zero attached hydrogens (tertiary/aromatic N) is 1. The average molecular weight is 340 g/mol. The van der Waals surface area contributed by atoms with Gasteiger partial charge in [-0.15, -0.1) is 0 Å². The molecule has 1 aliphatic heterocycles. The topological polar surface area (TPSA) is 61.8 Å². The molecule has 3 atom stereocenters. The maximum atomic E-state index is 13.7. The smallest absolute Gasteiger partial charge is 0.257 e. The van der Waals surface area contributed by atoms with E-state index >= 15 is 0 Å². The van der Waals surface area contributed by atoms with Gasteiger partial charge in [-0.2, -0.15) is 0 Å². The molecule has 7 heteroatoms. The highest BCUT2D eigenvalue weighted by Crippen LogP contribution is 2.25. The van der Waals surface area contributed by atoms with E-state index in [-0.39, 0.29) is 6.04 Å². The molecule has 1 amide bonds. The Kier molecular flexibility index (Phi) is 5.43. The van der Waals surface area contributed by atoms with Crippen molar-refractivity contribution >= 4 is 5.91 Å². The third kappa shape index (κ3) is 3.58. The van der Waals surface area contributed by atoms with Gasteiger partial charge in [0.25, 0.3) is 5.91 Å². The molecule has 5 nitrogen and oxygen atoms in total. The average Bonchev–Trinajstić information content (AvgIpc) is 2.57. The monoisotopic (exact) mass is 340 g/mol. The maximum Gasteiger partial charge on any atom is 0.257 e. The van der Waals surface area contributed by atoms with Crippen LogP contribution in [0.25, 0.3) is 0 Å². The van der Waals surface area contributed by atoms with Crippen molar-refractivity contribution in [3.05, 3.63) is 35.4 Å². The minimum atomic E-state index is -0.900. The van der Waals surface area contributed by atoms with E-state index in [2.05, 4.69) is 10.2 Å². The molecule has 1 aromatic rings.